The van der Waals surface area contributed by atoms with E-state index in [1.807, 2.05) is 6.07 Å². The third-order valence-electron chi connectivity index (χ3n) is 7.38. The van der Waals surface area contributed by atoms with Crippen molar-refractivity contribution < 1.29 is 9.21 Å². The third-order valence-corrected chi connectivity index (χ3v) is 7.38. The SMILES string of the molecule is Cc1ccc(CCNC(=O)c2ccc(Cc3cc4c(cc3C)C(C)(C)CCC4(C)C)o2)cc1. The molecule has 1 heterocycles. The van der Waals surface area contributed by atoms with Gasteiger partial charge < -0.3 is 9.73 Å². The van der Waals surface area contributed by atoms with Gasteiger partial charge in [0.2, 0.25) is 0 Å². The third kappa shape index (κ3) is 5.08. The molecule has 0 bridgehead atoms. The molecule has 1 N–H and O–H groups in total. The highest BCUT2D eigenvalue weighted by Crippen LogP contribution is 2.46. The van der Waals surface area contributed by atoms with Crippen LogP contribution in [0.1, 0.15) is 90.2 Å². The van der Waals surface area contributed by atoms with E-state index in [4.69, 9.17) is 4.42 Å². The lowest BCUT2D eigenvalue weighted by atomic mass is 9.62. The van der Waals surface area contributed by atoms with Gasteiger partial charge in [0.1, 0.15) is 5.76 Å². The Morgan fingerprint density at radius 2 is 1.55 bits per heavy atom. The van der Waals surface area contributed by atoms with E-state index in [9.17, 15) is 4.79 Å². The van der Waals surface area contributed by atoms with Crippen LogP contribution in [0.25, 0.3) is 0 Å². The molecule has 0 fully saturated rings. The van der Waals surface area contributed by atoms with Crippen LogP contribution in [0, 0.1) is 13.8 Å². The molecule has 1 aliphatic rings. The number of benzene rings is 2. The number of rotatable bonds is 6. The zero-order chi connectivity index (χ0) is 23.8. The minimum Gasteiger partial charge on any atom is -0.456 e. The van der Waals surface area contributed by atoms with E-state index in [2.05, 4.69) is 83.3 Å². The Hall–Kier alpha value is -2.81. The fourth-order valence-electron chi connectivity index (χ4n) is 4.90. The van der Waals surface area contributed by atoms with Crippen molar-refractivity contribution >= 4 is 5.91 Å². The second-order valence-corrected chi connectivity index (χ2v) is 11.0. The molecule has 0 atom stereocenters. The van der Waals surface area contributed by atoms with E-state index >= 15 is 0 Å². The van der Waals surface area contributed by atoms with Crippen LogP contribution in [-0.2, 0) is 23.7 Å². The van der Waals surface area contributed by atoms with Gasteiger partial charge >= 0.3 is 0 Å². The Labute approximate surface area is 198 Å². The number of fused-ring (bicyclic) bond motifs is 1. The van der Waals surface area contributed by atoms with Crippen molar-refractivity contribution in [3.63, 3.8) is 0 Å². The number of hydrogen-bond acceptors (Lipinski definition) is 2. The zero-order valence-electron chi connectivity index (χ0n) is 21.0. The summed E-state index contributed by atoms with van der Waals surface area (Å²) in [7, 11) is 0. The lowest BCUT2D eigenvalue weighted by molar-refractivity contribution is 0.0925. The highest BCUT2D eigenvalue weighted by Gasteiger charge is 2.37. The Balaban J connectivity index is 1.44. The maximum Gasteiger partial charge on any atom is 0.287 e. The largest absolute Gasteiger partial charge is 0.456 e. The summed E-state index contributed by atoms with van der Waals surface area (Å²) in [6.07, 6.45) is 3.92. The van der Waals surface area contributed by atoms with Crippen molar-refractivity contribution in [1.29, 1.82) is 0 Å². The fraction of sp³-hybridized carbons (Fsp3) is 0.433. The van der Waals surface area contributed by atoms with Crippen molar-refractivity contribution in [3.8, 4) is 0 Å². The molecule has 0 saturated heterocycles. The summed E-state index contributed by atoms with van der Waals surface area (Å²) in [6.45, 7) is 14.3. The number of hydrogen-bond donors (Lipinski definition) is 1. The zero-order valence-corrected chi connectivity index (χ0v) is 21.0. The van der Waals surface area contributed by atoms with E-state index in [1.54, 1.807) is 6.07 Å². The fourth-order valence-corrected chi connectivity index (χ4v) is 4.90. The summed E-state index contributed by atoms with van der Waals surface area (Å²) in [4.78, 5) is 12.6. The van der Waals surface area contributed by atoms with Gasteiger partial charge in [-0.15, -0.1) is 0 Å². The highest BCUT2D eigenvalue weighted by molar-refractivity contribution is 5.91. The van der Waals surface area contributed by atoms with E-state index in [1.165, 1.54) is 46.2 Å². The average molecular weight is 444 g/mol. The lowest BCUT2D eigenvalue weighted by Gasteiger charge is -2.42. The molecule has 3 aromatic rings. The van der Waals surface area contributed by atoms with E-state index in [-0.39, 0.29) is 16.7 Å². The van der Waals surface area contributed by atoms with Gasteiger partial charge in [-0.2, -0.15) is 0 Å². The van der Waals surface area contributed by atoms with Gasteiger partial charge in [-0.05, 0) is 83.9 Å². The minimum absolute atomic E-state index is 0.154. The summed E-state index contributed by atoms with van der Waals surface area (Å²) in [5, 5.41) is 2.98. The summed E-state index contributed by atoms with van der Waals surface area (Å²) in [5.41, 5.74) is 8.36. The predicted octanol–water partition coefficient (Wildman–Crippen LogP) is 6.81. The van der Waals surface area contributed by atoms with E-state index < -0.39 is 0 Å². The summed E-state index contributed by atoms with van der Waals surface area (Å²) in [5.74, 6) is 1.05. The smallest absolute Gasteiger partial charge is 0.287 e. The van der Waals surface area contributed by atoms with Gasteiger partial charge in [-0.3, -0.25) is 4.79 Å². The molecule has 2 aromatic carbocycles. The van der Waals surface area contributed by atoms with E-state index in [0.717, 1.165) is 12.2 Å². The molecule has 0 aliphatic heterocycles. The highest BCUT2D eigenvalue weighted by atomic mass is 16.3. The molecule has 0 saturated carbocycles. The van der Waals surface area contributed by atoms with Crippen molar-refractivity contribution in [1.82, 2.24) is 5.32 Å². The van der Waals surface area contributed by atoms with Crippen LogP contribution in [0.5, 0.6) is 0 Å². The van der Waals surface area contributed by atoms with Gasteiger partial charge in [-0.25, -0.2) is 0 Å². The number of furan rings is 1. The van der Waals surface area contributed by atoms with Gasteiger partial charge in [0.05, 0.1) is 0 Å². The van der Waals surface area contributed by atoms with Crippen LogP contribution in [0.3, 0.4) is 0 Å². The van der Waals surface area contributed by atoms with Crippen LogP contribution >= 0.6 is 0 Å². The van der Waals surface area contributed by atoms with Gasteiger partial charge in [0.25, 0.3) is 5.91 Å². The summed E-state index contributed by atoms with van der Waals surface area (Å²) < 4.78 is 5.95. The Kier molecular flexibility index (Phi) is 6.26. The molecule has 33 heavy (non-hydrogen) atoms. The average Bonchev–Trinajstić information content (AvgIpc) is 3.23. The quantitative estimate of drug-likeness (QED) is 0.455. The predicted molar refractivity (Wildman–Crippen MR) is 135 cm³/mol. The molecule has 174 valence electrons. The molecule has 0 spiro atoms. The number of amides is 1. The molecule has 0 unspecified atom stereocenters. The Bertz CT molecular complexity index is 1150. The van der Waals surface area contributed by atoms with E-state index in [0.29, 0.717) is 18.7 Å². The molecular formula is C30H37NO2. The standard InChI is InChI=1S/C30H37NO2/c1-20-7-9-22(10-8-20)13-16-31-28(32)27-12-11-24(33-27)18-23-19-26-25(17-21(23)2)29(3,4)14-15-30(26,5)6/h7-12,17,19H,13-16,18H2,1-6H3,(H,31,32). The Morgan fingerprint density at radius 3 is 2.21 bits per heavy atom. The van der Waals surface area contributed by atoms with Crippen LogP contribution in [0.2, 0.25) is 0 Å². The number of carbonyl (C=O) groups excluding carboxylic acids is 1. The number of carbonyl (C=O) groups is 1. The second kappa shape index (κ2) is 8.85. The van der Waals surface area contributed by atoms with Gasteiger partial charge in [-0.1, -0.05) is 69.7 Å². The molecule has 1 aromatic heterocycles. The lowest BCUT2D eigenvalue weighted by Crippen LogP contribution is -2.34. The molecule has 0 radical (unpaired) electrons. The van der Waals surface area contributed by atoms with Gasteiger partial charge in [0.15, 0.2) is 5.76 Å². The van der Waals surface area contributed by atoms with Crippen molar-refractivity contribution in [2.24, 2.45) is 0 Å². The van der Waals surface area contributed by atoms with Crippen molar-refractivity contribution in [2.75, 3.05) is 6.54 Å². The summed E-state index contributed by atoms with van der Waals surface area (Å²) >= 11 is 0. The summed E-state index contributed by atoms with van der Waals surface area (Å²) in [6, 6.07) is 16.9. The minimum atomic E-state index is -0.154. The van der Waals surface area contributed by atoms with Crippen LogP contribution in [-0.4, -0.2) is 12.5 Å². The van der Waals surface area contributed by atoms with Crippen molar-refractivity contribution in [3.05, 3.63) is 93.4 Å². The Morgan fingerprint density at radius 1 is 0.909 bits per heavy atom. The first-order valence-corrected chi connectivity index (χ1v) is 12.1. The van der Waals surface area contributed by atoms with Crippen LogP contribution < -0.4 is 5.32 Å². The maximum absolute atomic E-state index is 12.6. The second-order valence-electron chi connectivity index (χ2n) is 11.0. The normalized spacial score (nSPS) is 16.3. The first-order chi connectivity index (χ1) is 15.5. The molecule has 3 nitrogen and oxygen atoms in total. The van der Waals surface area contributed by atoms with Crippen LogP contribution in [0.4, 0.5) is 0 Å². The molecule has 4 rings (SSSR count). The molecule has 1 amide bonds. The number of aryl methyl sites for hydroxylation is 2. The molecule has 1 aliphatic carbocycles. The first-order valence-electron chi connectivity index (χ1n) is 12.1. The first kappa shape index (κ1) is 23.4. The maximum atomic E-state index is 12.6. The number of nitrogens with one attached hydrogen (secondary N) is 1. The van der Waals surface area contributed by atoms with Crippen LogP contribution in [0.15, 0.2) is 52.9 Å². The molecule has 3 heteroatoms. The monoisotopic (exact) mass is 443 g/mol. The van der Waals surface area contributed by atoms with Gasteiger partial charge in [0, 0.05) is 13.0 Å². The van der Waals surface area contributed by atoms with Crippen molar-refractivity contribution in [2.45, 2.75) is 78.1 Å². The molecular weight excluding hydrogens is 406 g/mol. The topological polar surface area (TPSA) is 42.2 Å².